The third-order valence-electron chi connectivity index (χ3n) is 2.58. The molecule has 0 aliphatic carbocycles. The molecule has 0 aromatic carbocycles. The zero-order chi connectivity index (χ0) is 16.0. The molecule has 0 saturated carbocycles. The van der Waals surface area contributed by atoms with Gasteiger partial charge in [0, 0.05) is 6.42 Å². The van der Waals surface area contributed by atoms with Crippen LogP contribution in [0.2, 0.25) is 0 Å². The van der Waals surface area contributed by atoms with Gasteiger partial charge in [-0.2, -0.15) is 26.3 Å². The molecular formula is C9H7ClF6O4. The zero-order valence-electron chi connectivity index (χ0n) is 9.69. The summed E-state index contributed by atoms with van der Waals surface area (Å²) in [4.78, 5) is 21.8. The van der Waals surface area contributed by atoms with Gasteiger partial charge in [0.1, 0.15) is 0 Å². The quantitative estimate of drug-likeness (QED) is 0.454. The molecule has 11 heteroatoms. The third-order valence-corrected chi connectivity index (χ3v) is 2.77. The van der Waals surface area contributed by atoms with E-state index in [2.05, 4.69) is 9.47 Å². The molecular weight excluding hydrogens is 322 g/mol. The Balaban J connectivity index is 3.16. The SMILES string of the molecule is C[C@@]1(CCC(=O)Cl)OC(C(F)(F)F)(C(F)(F)F)OC1=O. The van der Waals surface area contributed by atoms with Crippen LogP contribution in [0.1, 0.15) is 19.8 Å². The Bertz CT molecular complexity index is 417. The molecule has 116 valence electrons. The summed E-state index contributed by atoms with van der Waals surface area (Å²) in [6, 6.07) is 0. The summed E-state index contributed by atoms with van der Waals surface area (Å²) in [6.07, 6.45) is -13.5. The van der Waals surface area contributed by atoms with E-state index in [1.54, 1.807) is 0 Å². The van der Waals surface area contributed by atoms with Crippen molar-refractivity contribution in [2.45, 2.75) is 43.5 Å². The first-order valence-corrected chi connectivity index (χ1v) is 5.38. The molecule has 1 heterocycles. The van der Waals surface area contributed by atoms with E-state index < -0.39 is 47.8 Å². The van der Waals surface area contributed by atoms with E-state index in [1.807, 2.05) is 0 Å². The lowest BCUT2D eigenvalue weighted by molar-refractivity contribution is -0.444. The van der Waals surface area contributed by atoms with E-state index in [9.17, 15) is 35.9 Å². The molecule has 0 aromatic heterocycles. The fraction of sp³-hybridized carbons (Fsp3) is 0.778. The van der Waals surface area contributed by atoms with Crippen molar-refractivity contribution in [1.29, 1.82) is 0 Å². The number of ether oxygens (including phenoxy) is 2. The molecule has 4 nitrogen and oxygen atoms in total. The molecule has 1 saturated heterocycles. The maximum absolute atomic E-state index is 12.6. The van der Waals surface area contributed by atoms with Gasteiger partial charge in [0.05, 0.1) is 0 Å². The molecule has 0 spiro atoms. The second-order valence-electron chi connectivity index (χ2n) is 4.19. The Labute approximate surface area is 112 Å². The van der Waals surface area contributed by atoms with Gasteiger partial charge in [-0.15, -0.1) is 0 Å². The van der Waals surface area contributed by atoms with Crippen LogP contribution in [-0.4, -0.2) is 35.0 Å². The number of alkyl halides is 6. The van der Waals surface area contributed by atoms with Crippen LogP contribution < -0.4 is 0 Å². The lowest BCUT2D eigenvalue weighted by Crippen LogP contribution is -2.58. The molecule has 0 bridgehead atoms. The van der Waals surface area contributed by atoms with Crippen molar-refractivity contribution in [1.82, 2.24) is 0 Å². The van der Waals surface area contributed by atoms with Crippen LogP contribution in [-0.2, 0) is 19.1 Å². The van der Waals surface area contributed by atoms with Crippen LogP contribution >= 0.6 is 11.6 Å². The lowest BCUT2D eigenvalue weighted by Gasteiger charge is -2.31. The molecule has 0 amide bonds. The molecule has 1 fully saturated rings. The van der Waals surface area contributed by atoms with Crippen molar-refractivity contribution < 1.29 is 45.4 Å². The molecule has 0 radical (unpaired) electrons. The van der Waals surface area contributed by atoms with Crippen LogP contribution in [0.25, 0.3) is 0 Å². The Morgan fingerprint density at radius 3 is 1.95 bits per heavy atom. The topological polar surface area (TPSA) is 52.6 Å². The van der Waals surface area contributed by atoms with Crippen molar-refractivity contribution in [3.63, 3.8) is 0 Å². The number of rotatable bonds is 3. The minimum atomic E-state index is -6.02. The van der Waals surface area contributed by atoms with Crippen molar-refractivity contribution in [3.8, 4) is 0 Å². The van der Waals surface area contributed by atoms with Gasteiger partial charge in [-0.1, -0.05) is 0 Å². The van der Waals surface area contributed by atoms with Gasteiger partial charge in [-0.25, -0.2) is 4.79 Å². The first kappa shape index (κ1) is 17.0. The second kappa shape index (κ2) is 4.76. The normalized spacial score (nSPS) is 26.5. The highest BCUT2D eigenvalue weighted by molar-refractivity contribution is 6.63. The van der Waals surface area contributed by atoms with Gasteiger partial charge < -0.3 is 9.47 Å². The highest BCUT2D eigenvalue weighted by atomic mass is 35.5. The van der Waals surface area contributed by atoms with E-state index in [-0.39, 0.29) is 0 Å². The maximum atomic E-state index is 12.6. The minimum Gasteiger partial charge on any atom is -0.414 e. The van der Waals surface area contributed by atoms with Crippen LogP contribution in [0.15, 0.2) is 0 Å². The lowest BCUT2D eigenvalue weighted by atomic mass is 10.0. The number of hydrogen-bond donors (Lipinski definition) is 0. The fourth-order valence-electron chi connectivity index (χ4n) is 1.50. The summed E-state index contributed by atoms with van der Waals surface area (Å²) in [5.41, 5.74) is -2.57. The van der Waals surface area contributed by atoms with Gasteiger partial charge in [-0.05, 0) is 24.9 Å². The first-order chi connectivity index (χ1) is 8.75. The van der Waals surface area contributed by atoms with Gasteiger partial charge >= 0.3 is 24.1 Å². The maximum Gasteiger partial charge on any atom is 0.465 e. The molecule has 1 rings (SSSR count). The molecule has 0 unspecified atom stereocenters. The summed E-state index contributed by atoms with van der Waals surface area (Å²) in [5, 5.41) is -1.04. The van der Waals surface area contributed by atoms with Gasteiger partial charge in [-0.3, -0.25) is 4.79 Å². The third kappa shape index (κ3) is 2.71. The van der Waals surface area contributed by atoms with E-state index in [1.165, 1.54) is 0 Å². The van der Waals surface area contributed by atoms with Crippen molar-refractivity contribution in [2.75, 3.05) is 0 Å². The van der Waals surface area contributed by atoms with Crippen LogP contribution in [0, 0.1) is 0 Å². The predicted molar refractivity (Wildman–Crippen MR) is 50.5 cm³/mol. The number of cyclic esters (lactones) is 1. The van der Waals surface area contributed by atoms with E-state index in [4.69, 9.17) is 11.6 Å². The summed E-state index contributed by atoms with van der Waals surface area (Å²) in [5.74, 6) is -6.91. The molecule has 0 N–H and O–H groups in total. The average Bonchev–Trinajstić information content (AvgIpc) is 2.49. The van der Waals surface area contributed by atoms with Crippen LogP contribution in [0.4, 0.5) is 26.3 Å². The number of halogens is 7. The Hall–Kier alpha value is -1.03. The van der Waals surface area contributed by atoms with Crippen molar-refractivity contribution in [3.05, 3.63) is 0 Å². The van der Waals surface area contributed by atoms with E-state index in [0.717, 1.165) is 0 Å². The number of esters is 1. The molecule has 1 aliphatic heterocycles. The Kier molecular flexibility index (Phi) is 4.05. The zero-order valence-corrected chi connectivity index (χ0v) is 10.4. The second-order valence-corrected chi connectivity index (χ2v) is 4.61. The van der Waals surface area contributed by atoms with Gasteiger partial charge in [0.15, 0.2) is 5.60 Å². The average molecular weight is 329 g/mol. The monoisotopic (exact) mass is 328 g/mol. The van der Waals surface area contributed by atoms with Crippen molar-refractivity contribution in [2.24, 2.45) is 0 Å². The van der Waals surface area contributed by atoms with E-state index in [0.29, 0.717) is 6.92 Å². The predicted octanol–water partition coefficient (Wildman–Crippen LogP) is 2.69. The minimum absolute atomic E-state index is 0.654. The molecule has 1 atom stereocenters. The summed E-state index contributed by atoms with van der Waals surface area (Å²) >= 11 is 4.93. The number of carbonyl (C=O) groups is 2. The highest BCUT2D eigenvalue weighted by Crippen LogP contribution is 2.53. The van der Waals surface area contributed by atoms with Crippen LogP contribution in [0.3, 0.4) is 0 Å². The van der Waals surface area contributed by atoms with Gasteiger partial charge in [0.2, 0.25) is 5.24 Å². The summed E-state index contributed by atoms with van der Waals surface area (Å²) in [6.45, 7) is 0.661. The molecule has 0 aromatic rings. The molecule has 1 aliphatic rings. The van der Waals surface area contributed by atoms with Crippen molar-refractivity contribution >= 4 is 22.8 Å². The smallest absolute Gasteiger partial charge is 0.414 e. The molecule has 20 heavy (non-hydrogen) atoms. The summed E-state index contributed by atoms with van der Waals surface area (Å²) < 4.78 is 83.0. The van der Waals surface area contributed by atoms with E-state index >= 15 is 0 Å². The summed E-state index contributed by atoms with van der Waals surface area (Å²) in [7, 11) is 0. The highest BCUT2D eigenvalue weighted by Gasteiger charge is 2.82. The first-order valence-electron chi connectivity index (χ1n) is 5.00. The largest absolute Gasteiger partial charge is 0.465 e. The van der Waals surface area contributed by atoms with Crippen LogP contribution in [0.5, 0.6) is 0 Å². The number of carbonyl (C=O) groups excluding carboxylic acids is 2. The van der Waals surface area contributed by atoms with Gasteiger partial charge in [0.25, 0.3) is 0 Å². The standard InChI is InChI=1S/C9H7ClF6O4/c1-6(3-2-4(10)17)5(18)19-7(20-6,8(11,12)13)9(14,15)16/h2-3H2,1H3/t6-/m0/s1. The Morgan fingerprint density at radius 1 is 1.20 bits per heavy atom. The fourth-order valence-corrected chi connectivity index (χ4v) is 1.59. The Morgan fingerprint density at radius 2 is 1.65 bits per heavy atom. The number of hydrogen-bond acceptors (Lipinski definition) is 4.